The molecule has 0 fully saturated rings. The first-order valence-electron chi connectivity index (χ1n) is 9.86. The zero-order valence-electron chi connectivity index (χ0n) is 15.4. The van der Waals surface area contributed by atoms with Crippen LogP contribution in [0.25, 0.3) is 0 Å². The van der Waals surface area contributed by atoms with Crippen LogP contribution >= 0.6 is 17.0 Å². The van der Waals surface area contributed by atoms with Crippen LogP contribution in [0.4, 0.5) is 0 Å². The second-order valence-corrected chi connectivity index (χ2v) is 93.1. The van der Waals surface area contributed by atoms with E-state index in [1.807, 2.05) is 0 Å². The van der Waals surface area contributed by atoms with Gasteiger partial charge < -0.3 is 0 Å². The van der Waals surface area contributed by atoms with Gasteiger partial charge in [0.05, 0.1) is 0 Å². The zero-order chi connectivity index (χ0) is 17.3. The molecule has 0 aromatic carbocycles. The summed E-state index contributed by atoms with van der Waals surface area (Å²) in [5, 5.41) is 0. The molecule has 133 valence electrons. The molecule has 0 aromatic rings. The monoisotopic (exact) mass is 459 g/mol. The number of halogens is 2. The van der Waals surface area contributed by atoms with E-state index in [2.05, 4.69) is 33.6 Å². The molecule has 0 N–H and O–H groups in total. The van der Waals surface area contributed by atoms with Gasteiger partial charge in [-0.2, -0.15) is 0 Å². The first-order chi connectivity index (χ1) is 10.9. The fraction of sp³-hybridized carbons (Fsp3) is 0.600. The van der Waals surface area contributed by atoms with Crippen LogP contribution in [0.3, 0.4) is 0 Å². The molecule has 4 heteroatoms. The van der Waals surface area contributed by atoms with E-state index in [4.69, 9.17) is 17.0 Å². The molecule has 0 heterocycles. The number of rotatable bonds is 2. The summed E-state index contributed by atoms with van der Waals surface area (Å²) in [6.07, 6.45) is 19.7. The Labute approximate surface area is 150 Å². The van der Waals surface area contributed by atoms with E-state index >= 15 is 0 Å². The molecule has 2 atom stereocenters. The molecule has 0 bridgehead atoms. The zero-order valence-corrected chi connectivity index (χ0v) is 21.3. The van der Waals surface area contributed by atoms with Crippen molar-refractivity contribution < 1.29 is 12.6 Å². The van der Waals surface area contributed by atoms with Crippen LogP contribution in [0, 0.1) is 0 Å². The van der Waals surface area contributed by atoms with E-state index in [1.54, 1.807) is 22.3 Å². The molecule has 0 aromatic heterocycles. The summed E-state index contributed by atoms with van der Waals surface area (Å²) in [4.78, 5) is 0. The van der Waals surface area contributed by atoms with Crippen LogP contribution in [0.2, 0.25) is 16.5 Å². The molecule has 4 rings (SSSR count). The Bertz CT molecular complexity index is 698. The van der Waals surface area contributed by atoms with Crippen molar-refractivity contribution in [2.24, 2.45) is 0 Å². The standard InChI is InChI=1S/2C9H11.2CH3.2ClH.H3Si.Zr/c2*1-2-5-9-7-3-6-8(9)4-1;;;;;;/h2*3,6-7H,1-2,4-5H2;2*1H3;2*1H;1H3;/q;;;;;;;+2/p-2. The molecule has 4 aliphatic rings. The average Bonchev–Trinajstić information content (AvgIpc) is 3.11. The number of allylic oxidation sites excluding steroid dienone is 8. The fourth-order valence-corrected chi connectivity index (χ4v) is 32.0. The molecule has 2 unspecified atom stereocenters. The Hall–Kier alpha value is 0.640. The topological polar surface area (TPSA) is 0 Å². The van der Waals surface area contributed by atoms with Crippen LogP contribution in [0.5, 0.6) is 0 Å². The molecule has 0 radical (unpaired) electrons. The Morgan fingerprint density at radius 1 is 0.792 bits per heavy atom. The van der Waals surface area contributed by atoms with Crippen LogP contribution in [-0.2, 0) is 12.6 Å². The summed E-state index contributed by atoms with van der Waals surface area (Å²) in [6, 6.07) is 0. The Morgan fingerprint density at radius 3 is 1.58 bits per heavy atom. The van der Waals surface area contributed by atoms with E-state index in [0.717, 1.165) is 7.37 Å². The second-order valence-electron chi connectivity index (χ2n) is 11.2. The van der Waals surface area contributed by atoms with E-state index in [0.29, 0.717) is 7.25 Å². The summed E-state index contributed by atoms with van der Waals surface area (Å²) in [5.41, 5.74) is 6.32. The summed E-state index contributed by atoms with van der Waals surface area (Å²) in [5.74, 6) is 0. The minimum absolute atomic E-state index is 0.301. The first kappa shape index (κ1) is 18.0. The Kier molecular flexibility index (Phi) is 3.41. The molecule has 0 saturated carbocycles. The first-order valence-corrected chi connectivity index (χ1v) is 32.3. The molecular formula is C20H31Cl2SiZr. The van der Waals surface area contributed by atoms with Crippen molar-refractivity contribution in [3.63, 3.8) is 0 Å². The van der Waals surface area contributed by atoms with Crippen LogP contribution in [0.15, 0.2) is 46.6 Å². The van der Waals surface area contributed by atoms with Crippen molar-refractivity contribution in [1.29, 1.82) is 0 Å². The molecule has 0 nitrogen and oxygen atoms in total. The summed E-state index contributed by atoms with van der Waals surface area (Å²) in [7, 11) is 16.9. The fourth-order valence-electron chi connectivity index (χ4n) is 6.19. The van der Waals surface area contributed by atoms with Gasteiger partial charge in [0.25, 0.3) is 0 Å². The van der Waals surface area contributed by atoms with Crippen molar-refractivity contribution in [2.45, 2.75) is 67.9 Å². The normalized spacial score (nSPS) is 34.6. The number of hydrogen-bond donors (Lipinski definition) is 0. The maximum absolute atomic E-state index is 8.00. The Balaban J connectivity index is 1.89. The van der Waals surface area contributed by atoms with E-state index < -0.39 is 12.6 Å². The van der Waals surface area contributed by atoms with E-state index in [-0.39, 0.29) is 0 Å². The summed E-state index contributed by atoms with van der Waals surface area (Å²) in [6.45, 7) is 0. The van der Waals surface area contributed by atoms with Crippen LogP contribution in [-0.4, -0.2) is 7.37 Å². The van der Waals surface area contributed by atoms with Gasteiger partial charge in [0.15, 0.2) is 0 Å². The second kappa shape index (κ2) is 4.54. The molecule has 0 aliphatic heterocycles. The predicted octanol–water partition coefficient (Wildman–Crippen LogP) is 6.89. The van der Waals surface area contributed by atoms with E-state index in [9.17, 15) is 0 Å². The van der Waals surface area contributed by atoms with Gasteiger partial charge in [-0.3, -0.25) is 0 Å². The van der Waals surface area contributed by atoms with Crippen LogP contribution < -0.4 is 0 Å². The van der Waals surface area contributed by atoms with Gasteiger partial charge in [-0.15, -0.1) is 0 Å². The van der Waals surface area contributed by atoms with Crippen molar-refractivity contribution >= 4 is 24.4 Å². The molecule has 0 spiro atoms. The van der Waals surface area contributed by atoms with Gasteiger partial charge in [-0.05, 0) is 0 Å². The van der Waals surface area contributed by atoms with Crippen molar-refractivity contribution in [3.05, 3.63) is 46.6 Å². The van der Waals surface area contributed by atoms with Crippen LogP contribution in [0.1, 0.15) is 51.4 Å². The molecule has 4 aliphatic carbocycles. The number of hydrogen-bond acceptors (Lipinski definition) is 0. The molecule has 0 saturated heterocycles. The van der Waals surface area contributed by atoms with E-state index in [1.165, 1.54) is 51.4 Å². The summed E-state index contributed by atoms with van der Waals surface area (Å²) >= 11 is -4.98. The molecule has 24 heavy (non-hydrogen) atoms. The van der Waals surface area contributed by atoms with Gasteiger partial charge in [0.2, 0.25) is 0 Å². The van der Waals surface area contributed by atoms with Gasteiger partial charge >= 0.3 is 151 Å². The average molecular weight is 462 g/mol. The quantitative estimate of drug-likeness (QED) is 0.393. The Morgan fingerprint density at radius 2 is 1.17 bits per heavy atom. The minimum atomic E-state index is -4.98. The summed E-state index contributed by atoms with van der Waals surface area (Å²) < 4.78 is 5.34. The molecular weight excluding hydrogens is 430 g/mol. The van der Waals surface area contributed by atoms with Gasteiger partial charge in [0.1, 0.15) is 0 Å². The van der Waals surface area contributed by atoms with Crippen molar-refractivity contribution in [1.82, 2.24) is 0 Å². The third-order valence-corrected chi connectivity index (χ3v) is 36.4. The van der Waals surface area contributed by atoms with Gasteiger partial charge in [-0.25, -0.2) is 0 Å². The van der Waals surface area contributed by atoms with Gasteiger partial charge in [0, 0.05) is 0 Å². The molecule has 0 amide bonds. The van der Waals surface area contributed by atoms with Crippen molar-refractivity contribution in [3.8, 4) is 0 Å². The van der Waals surface area contributed by atoms with Crippen molar-refractivity contribution in [2.75, 3.05) is 0 Å². The third-order valence-electron chi connectivity index (χ3n) is 7.54. The predicted molar refractivity (Wildman–Crippen MR) is 110 cm³/mol. The maximum atomic E-state index is 8.00. The SMILES string of the molecule is [CH3][Zr]([CH3])([SiH3])([Cl])([Cl])([CH]1C=CC2=C1CCCC2)[CH]1C=CC2=C1CCCC2. The third kappa shape index (κ3) is 2.54. The van der Waals surface area contributed by atoms with Gasteiger partial charge in [-0.1, -0.05) is 0 Å².